The van der Waals surface area contributed by atoms with E-state index < -0.39 is 54.2 Å². The molecule has 0 aliphatic carbocycles. The Bertz CT molecular complexity index is 732. The van der Waals surface area contributed by atoms with Gasteiger partial charge < -0.3 is 0 Å². The molecule has 0 saturated heterocycles. The summed E-state index contributed by atoms with van der Waals surface area (Å²) < 4.78 is 136. The number of rotatable bonds is 8. The normalized spacial score (nSPS) is 18.7. The monoisotopic (exact) mass is 466 g/mol. The number of benzene rings is 1. The molecule has 0 radical (unpaired) electrons. The molecule has 0 heterocycles. The van der Waals surface area contributed by atoms with Crippen LogP contribution < -0.4 is 0 Å². The van der Waals surface area contributed by atoms with Crippen molar-refractivity contribution in [2.24, 2.45) is 0 Å². The Balaban J connectivity index is 4.05. The molecule has 0 atom stereocenters. The summed E-state index contributed by atoms with van der Waals surface area (Å²) in [5, 5.41) is 0. The molecule has 1 aromatic carbocycles. The van der Waals surface area contributed by atoms with E-state index in [-0.39, 0.29) is 12.8 Å². The van der Waals surface area contributed by atoms with Gasteiger partial charge in [0.1, 0.15) is 9.79 Å². The summed E-state index contributed by atoms with van der Waals surface area (Å²) in [6.07, 6.45) is 2.70. The third-order valence-electron chi connectivity index (χ3n) is 3.68. The van der Waals surface area contributed by atoms with E-state index in [1.807, 2.05) is 0 Å². The van der Waals surface area contributed by atoms with E-state index in [9.17, 15) is 38.9 Å². The Morgan fingerprint density at radius 3 is 1.11 bits per heavy atom. The minimum atomic E-state index is -11.1. The number of hydrogen-bond acceptors (Lipinski definition) is 0. The van der Waals surface area contributed by atoms with Crippen LogP contribution in [0.2, 0.25) is 0 Å². The molecule has 0 fully saturated rings. The molecule has 0 unspecified atom stereocenters. The summed E-state index contributed by atoms with van der Waals surface area (Å²) in [6, 6.07) is 0.851. The number of hydrogen-bond donors (Lipinski definition) is 0. The van der Waals surface area contributed by atoms with E-state index in [0.717, 1.165) is 0 Å². The predicted molar refractivity (Wildman–Crippen MR) is 95.5 cm³/mol. The smallest absolute Gasteiger partial charge is 0.0936 e. The van der Waals surface area contributed by atoms with Gasteiger partial charge in [-0.15, -0.1) is 0 Å². The summed E-state index contributed by atoms with van der Waals surface area (Å²) in [5.41, 5.74) is -3.01. The van der Waals surface area contributed by atoms with Crippen molar-refractivity contribution in [1.29, 1.82) is 0 Å². The molecular formula is C16H20F10S2. The fourth-order valence-electron chi connectivity index (χ4n) is 2.69. The second kappa shape index (κ2) is 6.10. The van der Waals surface area contributed by atoms with E-state index in [2.05, 4.69) is 0 Å². The average molecular weight is 466 g/mol. The lowest BCUT2D eigenvalue weighted by Crippen LogP contribution is -2.20. The van der Waals surface area contributed by atoms with Gasteiger partial charge in [0.15, 0.2) is 0 Å². The zero-order valence-electron chi connectivity index (χ0n) is 14.9. The number of halogens is 10. The predicted octanol–water partition coefficient (Wildman–Crippen LogP) is 10.0. The van der Waals surface area contributed by atoms with Crippen LogP contribution in [0.25, 0.3) is 0 Å². The van der Waals surface area contributed by atoms with Crippen molar-refractivity contribution in [3.63, 3.8) is 0 Å². The quantitative estimate of drug-likeness (QED) is 0.264. The van der Waals surface area contributed by atoms with Crippen LogP contribution in [0.5, 0.6) is 0 Å². The van der Waals surface area contributed by atoms with Crippen LogP contribution in [0, 0.1) is 0 Å². The van der Waals surface area contributed by atoms with Crippen molar-refractivity contribution in [3.05, 3.63) is 47.6 Å². The van der Waals surface area contributed by atoms with Crippen LogP contribution in [0.15, 0.2) is 46.2 Å². The first-order chi connectivity index (χ1) is 12.1. The molecule has 166 valence electrons. The standard InChI is InChI=1S/C16H20F10S2/c1-3-5-7-9-13-11-12-14(10-8-6-4-2)16(28(22,23,24,25)26)15(13)27(17,18,19,20)21/h3-6,11-12H,7-10H2,1-2H3/b5-3+,6-4+. The van der Waals surface area contributed by atoms with E-state index in [0.29, 0.717) is 12.1 Å². The van der Waals surface area contributed by atoms with E-state index in [1.54, 1.807) is 0 Å². The minimum Gasteiger partial charge on any atom is -0.0936 e. The highest BCUT2D eigenvalue weighted by Gasteiger charge is 2.76. The Labute approximate surface area is 156 Å². The highest BCUT2D eigenvalue weighted by atomic mass is 32.5. The van der Waals surface area contributed by atoms with Crippen LogP contribution in [0.3, 0.4) is 0 Å². The summed E-state index contributed by atoms with van der Waals surface area (Å²) in [4.78, 5) is -7.02. The Kier molecular flexibility index (Phi) is 5.39. The van der Waals surface area contributed by atoms with Crippen molar-refractivity contribution in [2.75, 3.05) is 0 Å². The van der Waals surface area contributed by atoms with Crippen molar-refractivity contribution in [1.82, 2.24) is 0 Å². The Morgan fingerprint density at radius 2 is 0.893 bits per heavy atom. The van der Waals surface area contributed by atoms with Gasteiger partial charge in [-0.3, -0.25) is 0 Å². The second-order valence-corrected chi connectivity index (χ2v) is 10.9. The van der Waals surface area contributed by atoms with Gasteiger partial charge in [0.05, 0.1) is 0 Å². The highest BCUT2D eigenvalue weighted by Crippen LogP contribution is 3.10. The van der Waals surface area contributed by atoms with Crippen LogP contribution in [-0.2, 0) is 12.8 Å². The maximum Gasteiger partial charge on any atom is 0.312 e. The lowest BCUT2D eigenvalue weighted by Gasteiger charge is -2.49. The van der Waals surface area contributed by atoms with Crippen LogP contribution in [0.1, 0.15) is 37.8 Å². The SMILES string of the molecule is C/C=C/CCc1ccc(CC/C=C/C)c(S(F)(F)(F)(F)F)c1S(F)(F)(F)(F)F. The van der Waals surface area contributed by atoms with Crippen LogP contribution in [0.4, 0.5) is 38.9 Å². The van der Waals surface area contributed by atoms with Gasteiger partial charge in [-0.05, 0) is 50.7 Å². The molecule has 0 nitrogen and oxygen atoms in total. The molecule has 0 spiro atoms. The van der Waals surface area contributed by atoms with Crippen LogP contribution in [-0.4, -0.2) is 0 Å². The lowest BCUT2D eigenvalue weighted by molar-refractivity contribution is 0.333. The Morgan fingerprint density at radius 1 is 0.607 bits per heavy atom. The second-order valence-electron chi connectivity index (χ2n) is 6.20. The maximum absolute atomic E-state index is 13.6. The lowest BCUT2D eigenvalue weighted by atomic mass is 10.0. The topological polar surface area (TPSA) is 0 Å². The maximum atomic E-state index is 13.6. The zero-order chi connectivity index (χ0) is 22.2. The first kappa shape index (κ1) is 24.7. The molecule has 0 N–H and O–H groups in total. The molecule has 28 heavy (non-hydrogen) atoms. The summed E-state index contributed by atoms with van der Waals surface area (Å²) in [6.45, 7) is 2.91. The zero-order valence-corrected chi connectivity index (χ0v) is 16.5. The molecule has 12 heteroatoms. The van der Waals surface area contributed by atoms with E-state index >= 15 is 0 Å². The average Bonchev–Trinajstić information content (AvgIpc) is 2.43. The number of aryl methyl sites for hydroxylation is 2. The van der Waals surface area contributed by atoms with Gasteiger partial charge in [-0.1, -0.05) is 75.3 Å². The molecule has 0 saturated carbocycles. The molecular weight excluding hydrogens is 446 g/mol. The first-order valence-electron chi connectivity index (χ1n) is 7.96. The largest absolute Gasteiger partial charge is 0.312 e. The summed E-state index contributed by atoms with van der Waals surface area (Å²) in [7, 11) is -22.2. The molecule has 0 aromatic heterocycles. The van der Waals surface area contributed by atoms with E-state index in [4.69, 9.17) is 0 Å². The van der Waals surface area contributed by atoms with Crippen molar-refractivity contribution in [2.45, 2.75) is 49.3 Å². The van der Waals surface area contributed by atoms with Gasteiger partial charge >= 0.3 is 20.4 Å². The highest BCUT2D eigenvalue weighted by molar-refractivity contribution is 8.48. The molecule has 0 aliphatic heterocycles. The summed E-state index contributed by atoms with van der Waals surface area (Å²) in [5.74, 6) is 0. The Hall–Kier alpha value is -1.30. The fourth-order valence-corrected chi connectivity index (χ4v) is 5.93. The van der Waals surface area contributed by atoms with Gasteiger partial charge in [-0.25, -0.2) is 0 Å². The van der Waals surface area contributed by atoms with Gasteiger partial charge in [0, 0.05) is 0 Å². The molecule has 1 aromatic rings. The molecule has 0 bridgehead atoms. The molecule has 0 amide bonds. The third kappa shape index (κ3) is 6.64. The van der Waals surface area contributed by atoms with Crippen molar-refractivity contribution in [3.8, 4) is 0 Å². The van der Waals surface area contributed by atoms with Crippen LogP contribution >= 0.6 is 20.4 Å². The minimum absolute atomic E-state index is 0.324. The van der Waals surface area contributed by atoms with E-state index in [1.165, 1.54) is 38.2 Å². The van der Waals surface area contributed by atoms with Gasteiger partial charge in [0.2, 0.25) is 0 Å². The van der Waals surface area contributed by atoms with Gasteiger partial charge in [0.25, 0.3) is 0 Å². The third-order valence-corrected chi connectivity index (χ3v) is 6.28. The fraction of sp³-hybridized carbons (Fsp3) is 0.375. The van der Waals surface area contributed by atoms with Crippen molar-refractivity contribution >= 4 is 20.4 Å². The first-order valence-corrected chi connectivity index (χ1v) is 11.9. The summed E-state index contributed by atoms with van der Waals surface area (Å²) >= 11 is 0. The van der Waals surface area contributed by atoms with Crippen molar-refractivity contribution < 1.29 is 38.9 Å². The molecule has 0 aliphatic rings. The van der Waals surface area contributed by atoms with Gasteiger partial charge in [-0.2, -0.15) is 0 Å². The number of allylic oxidation sites excluding steroid dienone is 4. The molecule has 1 rings (SSSR count).